The predicted octanol–water partition coefficient (Wildman–Crippen LogP) is 4.23. The van der Waals surface area contributed by atoms with Crippen LogP contribution in [0.4, 0.5) is 0 Å². The molecular formula is C11H16ClIN2. The van der Waals surface area contributed by atoms with Crippen molar-refractivity contribution in [2.45, 2.75) is 42.4 Å². The van der Waals surface area contributed by atoms with Crippen LogP contribution in [0.5, 0.6) is 0 Å². The SMILES string of the molecule is CCC(Cl)c1ccc(C(C)(I)CC)nn1. The van der Waals surface area contributed by atoms with Crippen LogP contribution in [0, 0.1) is 0 Å². The summed E-state index contributed by atoms with van der Waals surface area (Å²) in [6.07, 6.45) is 1.92. The molecule has 15 heavy (non-hydrogen) atoms. The van der Waals surface area contributed by atoms with Gasteiger partial charge in [-0.3, -0.25) is 0 Å². The summed E-state index contributed by atoms with van der Waals surface area (Å²) in [5.41, 5.74) is 1.89. The van der Waals surface area contributed by atoms with Gasteiger partial charge in [0.25, 0.3) is 0 Å². The normalized spacial score (nSPS) is 17.1. The van der Waals surface area contributed by atoms with Crippen molar-refractivity contribution >= 4 is 34.2 Å². The second kappa shape index (κ2) is 5.43. The molecule has 0 N–H and O–H groups in total. The minimum atomic E-state index is -0.0198. The summed E-state index contributed by atoms with van der Waals surface area (Å²) < 4.78 is 0.0668. The summed E-state index contributed by atoms with van der Waals surface area (Å²) in [5, 5.41) is 8.41. The Hall–Kier alpha value is 0.1000. The van der Waals surface area contributed by atoms with Gasteiger partial charge in [0.05, 0.1) is 20.2 Å². The highest BCUT2D eigenvalue weighted by Gasteiger charge is 2.22. The van der Waals surface area contributed by atoms with Crippen molar-refractivity contribution in [3.63, 3.8) is 0 Å². The lowest BCUT2D eigenvalue weighted by Crippen LogP contribution is -2.14. The molecule has 0 saturated heterocycles. The van der Waals surface area contributed by atoms with Crippen LogP contribution in [0.15, 0.2) is 12.1 Å². The van der Waals surface area contributed by atoms with E-state index in [9.17, 15) is 0 Å². The van der Waals surface area contributed by atoms with Gasteiger partial charge in [0.15, 0.2) is 0 Å². The van der Waals surface area contributed by atoms with E-state index in [0.29, 0.717) is 0 Å². The van der Waals surface area contributed by atoms with Gasteiger partial charge >= 0.3 is 0 Å². The molecule has 4 heteroatoms. The van der Waals surface area contributed by atoms with E-state index >= 15 is 0 Å². The van der Waals surface area contributed by atoms with Crippen LogP contribution >= 0.6 is 34.2 Å². The van der Waals surface area contributed by atoms with Crippen LogP contribution in [-0.4, -0.2) is 10.2 Å². The van der Waals surface area contributed by atoms with Gasteiger partial charge in [-0.1, -0.05) is 36.4 Å². The fourth-order valence-electron chi connectivity index (χ4n) is 1.18. The third-order valence-electron chi connectivity index (χ3n) is 2.56. The number of halogens is 2. The first kappa shape index (κ1) is 13.2. The largest absolute Gasteiger partial charge is 0.154 e. The highest BCUT2D eigenvalue weighted by atomic mass is 127. The van der Waals surface area contributed by atoms with Crippen LogP contribution in [0.3, 0.4) is 0 Å². The lowest BCUT2D eigenvalue weighted by molar-refractivity contribution is 0.653. The molecule has 0 aliphatic heterocycles. The first-order chi connectivity index (χ1) is 7.01. The maximum absolute atomic E-state index is 6.09. The molecule has 1 aromatic heterocycles. The zero-order chi connectivity index (χ0) is 11.5. The molecule has 0 amide bonds. The third kappa shape index (κ3) is 3.28. The van der Waals surface area contributed by atoms with Crippen molar-refractivity contribution in [1.82, 2.24) is 10.2 Å². The topological polar surface area (TPSA) is 25.8 Å². The quantitative estimate of drug-likeness (QED) is 0.606. The van der Waals surface area contributed by atoms with E-state index in [2.05, 4.69) is 46.6 Å². The van der Waals surface area contributed by atoms with Gasteiger partial charge in [-0.15, -0.1) is 11.6 Å². The van der Waals surface area contributed by atoms with Crippen molar-refractivity contribution in [2.24, 2.45) is 0 Å². The molecule has 0 aliphatic carbocycles. The van der Waals surface area contributed by atoms with Gasteiger partial charge in [-0.2, -0.15) is 10.2 Å². The number of nitrogens with zero attached hydrogens (tertiary/aromatic N) is 2. The highest BCUT2D eigenvalue weighted by Crippen LogP contribution is 2.33. The molecule has 1 rings (SSSR count). The fraction of sp³-hybridized carbons (Fsp3) is 0.636. The van der Waals surface area contributed by atoms with Crippen molar-refractivity contribution in [3.05, 3.63) is 23.5 Å². The Balaban J connectivity index is 2.90. The van der Waals surface area contributed by atoms with E-state index in [1.54, 1.807) is 0 Å². The maximum Gasteiger partial charge on any atom is 0.0809 e. The molecule has 2 atom stereocenters. The number of hydrogen-bond acceptors (Lipinski definition) is 2. The minimum Gasteiger partial charge on any atom is -0.154 e. The Morgan fingerprint density at radius 3 is 2.47 bits per heavy atom. The summed E-state index contributed by atoms with van der Waals surface area (Å²) in [5.74, 6) is 0. The third-order valence-corrected chi connectivity index (χ3v) is 4.41. The summed E-state index contributed by atoms with van der Waals surface area (Å²) in [6, 6.07) is 4.01. The van der Waals surface area contributed by atoms with Crippen molar-refractivity contribution < 1.29 is 0 Å². The number of hydrogen-bond donors (Lipinski definition) is 0. The standard InChI is InChI=1S/C11H16ClIN2/c1-4-8(12)9-6-7-10(15-14-9)11(3,13)5-2/h6-8H,4-5H2,1-3H3. The van der Waals surface area contributed by atoms with Crippen LogP contribution in [-0.2, 0) is 3.42 Å². The summed E-state index contributed by atoms with van der Waals surface area (Å²) in [4.78, 5) is 0. The van der Waals surface area contributed by atoms with Gasteiger partial charge in [-0.05, 0) is 31.9 Å². The van der Waals surface area contributed by atoms with E-state index in [1.165, 1.54) is 0 Å². The van der Waals surface area contributed by atoms with Crippen molar-refractivity contribution in [3.8, 4) is 0 Å². The average Bonchev–Trinajstić information content (AvgIpc) is 2.28. The molecule has 2 unspecified atom stereocenters. The fourth-order valence-corrected chi connectivity index (χ4v) is 1.58. The molecule has 0 radical (unpaired) electrons. The maximum atomic E-state index is 6.09. The monoisotopic (exact) mass is 338 g/mol. The molecule has 0 spiro atoms. The molecule has 84 valence electrons. The lowest BCUT2D eigenvalue weighted by Gasteiger charge is -2.19. The van der Waals surface area contributed by atoms with E-state index in [1.807, 2.05) is 19.1 Å². The van der Waals surface area contributed by atoms with Crippen LogP contribution < -0.4 is 0 Å². The Morgan fingerprint density at radius 1 is 1.40 bits per heavy atom. The molecule has 2 nitrogen and oxygen atoms in total. The Morgan fingerprint density at radius 2 is 2.07 bits per heavy atom. The lowest BCUT2D eigenvalue weighted by atomic mass is 10.0. The van der Waals surface area contributed by atoms with Gasteiger partial charge < -0.3 is 0 Å². The summed E-state index contributed by atoms with van der Waals surface area (Å²) in [7, 11) is 0. The number of aromatic nitrogens is 2. The molecular weight excluding hydrogens is 322 g/mol. The number of rotatable bonds is 4. The van der Waals surface area contributed by atoms with E-state index in [0.717, 1.165) is 24.2 Å². The highest BCUT2D eigenvalue weighted by molar-refractivity contribution is 14.1. The van der Waals surface area contributed by atoms with Gasteiger partial charge in [0.2, 0.25) is 0 Å². The smallest absolute Gasteiger partial charge is 0.0809 e. The van der Waals surface area contributed by atoms with Crippen molar-refractivity contribution in [1.29, 1.82) is 0 Å². The molecule has 0 saturated carbocycles. The molecule has 0 aliphatic rings. The van der Waals surface area contributed by atoms with Crippen molar-refractivity contribution in [2.75, 3.05) is 0 Å². The van der Waals surface area contributed by atoms with Gasteiger partial charge in [0, 0.05) is 0 Å². The number of alkyl halides is 2. The van der Waals surface area contributed by atoms with Crippen LogP contribution in [0.25, 0.3) is 0 Å². The molecule has 1 heterocycles. The first-order valence-corrected chi connectivity index (χ1v) is 6.69. The average molecular weight is 339 g/mol. The molecule has 1 aromatic rings. The van der Waals surface area contributed by atoms with Gasteiger partial charge in [0.1, 0.15) is 0 Å². The van der Waals surface area contributed by atoms with E-state index in [4.69, 9.17) is 11.6 Å². The summed E-state index contributed by atoms with van der Waals surface area (Å²) >= 11 is 8.50. The Labute approximate surface area is 110 Å². The Bertz CT molecular complexity index is 311. The zero-order valence-electron chi connectivity index (χ0n) is 9.30. The van der Waals surface area contributed by atoms with E-state index in [-0.39, 0.29) is 8.80 Å². The van der Waals surface area contributed by atoms with E-state index < -0.39 is 0 Å². The molecule has 0 aromatic carbocycles. The summed E-state index contributed by atoms with van der Waals surface area (Å²) in [6.45, 7) is 6.36. The predicted molar refractivity (Wildman–Crippen MR) is 72.6 cm³/mol. The first-order valence-electron chi connectivity index (χ1n) is 5.18. The Kier molecular flexibility index (Phi) is 4.77. The minimum absolute atomic E-state index is 0.0198. The van der Waals surface area contributed by atoms with Crippen LogP contribution in [0.1, 0.15) is 50.4 Å². The van der Waals surface area contributed by atoms with Crippen LogP contribution in [0.2, 0.25) is 0 Å². The zero-order valence-corrected chi connectivity index (χ0v) is 12.2. The molecule has 0 fully saturated rings. The van der Waals surface area contributed by atoms with Gasteiger partial charge in [-0.25, -0.2) is 0 Å². The second-order valence-electron chi connectivity index (χ2n) is 3.77. The second-order valence-corrected chi connectivity index (χ2v) is 6.68. The molecule has 0 bridgehead atoms.